The number of carbonyl (C=O) groups excluding carboxylic acids is 2. The van der Waals surface area contributed by atoms with Gasteiger partial charge in [-0.15, -0.1) is 22.7 Å². The van der Waals surface area contributed by atoms with E-state index in [1.54, 1.807) is 19.2 Å². The number of Topliss-reactive ketones (excluding diaryl/α,β-unsaturated/α-hetero) is 1. The second kappa shape index (κ2) is 7.53. The second-order valence-electron chi connectivity index (χ2n) is 6.86. The van der Waals surface area contributed by atoms with E-state index in [0.717, 1.165) is 15.4 Å². The van der Waals surface area contributed by atoms with Crippen LogP contribution in [0.4, 0.5) is 0 Å². The zero-order chi connectivity index (χ0) is 20.7. The Bertz CT molecular complexity index is 1130. The number of aromatic nitrogens is 2. The molecule has 1 aliphatic heterocycles. The molecule has 0 saturated carbocycles. The van der Waals surface area contributed by atoms with Crippen LogP contribution in [-0.2, 0) is 11.3 Å². The Balaban J connectivity index is 1.82. The highest BCUT2D eigenvalue weighted by molar-refractivity contribution is 7.14. The Labute approximate surface area is 176 Å². The SMILES string of the molecule is Cc1nc(C)c(C(=O)C2=C(O)C(=O)N(Cc3ccccn3)C2c2sccc2C)s1. The third kappa shape index (κ3) is 3.38. The van der Waals surface area contributed by atoms with Crippen LogP contribution < -0.4 is 0 Å². The van der Waals surface area contributed by atoms with Crippen molar-refractivity contribution >= 4 is 34.4 Å². The molecule has 4 rings (SSSR count). The number of amides is 1. The largest absolute Gasteiger partial charge is 0.503 e. The van der Waals surface area contributed by atoms with E-state index in [2.05, 4.69) is 9.97 Å². The molecule has 0 aliphatic carbocycles. The maximum atomic E-state index is 13.4. The molecule has 1 N–H and O–H groups in total. The fourth-order valence-corrected chi connectivity index (χ4v) is 5.44. The van der Waals surface area contributed by atoms with E-state index >= 15 is 0 Å². The molecular formula is C21H19N3O3S2. The van der Waals surface area contributed by atoms with Gasteiger partial charge < -0.3 is 10.0 Å². The van der Waals surface area contributed by atoms with Gasteiger partial charge in [-0.05, 0) is 49.9 Å². The van der Waals surface area contributed by atoms with Crippen LogP contribution in [0.1, 0.15) is 42.5 Å². The van der Waals surface area contributed by atoms with Crippen LogP contribution >= 0.6 is 22.7 Å². The first-order valence-electron chi connectivity index (χ1n) is 9.05. The molecule has 3 aromatic rings. The van der Waals surface area contributed by atoms with Crippen LogP contribution in [0.3, 0.4) is 0 Å². The van der Waals surface area contributed by atoms with Crippen molar-refractivity contribution in [3.8, 4) is 0 Å². The first-order valence-corrected chi connectivity index (χ1v) is 10.7. The lowest BCUT2D eigenvalue weighted by atomic mass is 9.98. The molecule has 6 nitrogen and oxygen atoms in total. The van der Waals surface area contributed by atoms with Crippen molar-refractivity contribution in [3.63, 3.8) is 0 Å². The highest BCUT2D eigenvalue weighted by atomic mass is 32.1. The van der Waals surface area contributed by atoms with E-state index in [9.17, 15) is 14.7 Å². The maximum absolute atomic E-state index is 13.4. The number of hydrogen-bond donors (Lipinski definition) is 1. The van der Waals surface area contributed by atoms with Crippen molar-refractivity contribution in [1.29, 1.82) is 0 Å². The van der Waals surface area contributed by atoms with Gasteiger partial charge in [0.2, 0.25) is 5.78 Å². The van der Waals surface area contributed by atoms with Gasteiger partial charge in [0.15, 0.2) is 5.76 Å². The Kier molecular flexibility index (Phi) is 5.06. The van der Waals surface area contributed by atoms with Crippen LogP contribution in [-0.4, -0.2) is 31.7 Å². The van der Waals surface area contributed by atoms with Gasteiger partial charge in [0.05, 0.1) is 33.4 Å². The fraction of sp³-hybridized carbons (Fsp3) is 0.238. The lowest BCUT2D eigenvalue weighted by molar-refractivity contribution is -0.130. The van der Waals surface area contributed by atoms with Crippen LogP contribution in [0.5, 0.6) is 0 Å². The Morgan fingerprint density at radius 2 is 2.03 bits per heavy atom. The molecule has 1 atom stereocenters. The summed E-state index contributed by atoms with van der Waals surface area (Å²) in [6.07, 6.45) is 1.66. The van der Waals surface area contributed by atoms with E-state index < -0.39 is 17.7 Å². The summed E-state index contributed by atoms with van der Waals surface area (Å²) in [6, 6.07) is 6.76. The third-order valence-corrected chi connectivity index (χ3v) is 7.01. The molecule has 148 valence electrons. The molecule has 0 fully saturated rings. The molecule has 4 heterocycles. The topological polar surface area (TPSA) is 83.4 Å². The summed E-state index contributed by atoms with van der Waals surface area (Å²) in [6.45, 7) is 5.73. The minimum absolute atomic E-state index is 0.114. The molecule has 0 spiro atoms. The monoisotopic (exact) mass is 425 g/mol. The number of thiophene rings is 1. The van der Waals surface area contributed by atoms with Crippen LogP contribution in [0.25, 0.3) is 0 Å². The molecule has 3 aromatic heterocycles. The quantitative estimate of drug-likeness (QED) is 0.616. The first-order chi connectivity index (χ1) is 13.9. The number of carbonyl (C=O) groups is 2. The Morgan fingerprint density at radius 1 is 1.24 bits per heavy atom. The number of aliphatic hydroxyl groups is 1. The summed E-state index contributed by atoms with van der Waals surface area (Å²) < 4.78 is 0. The van der Waals surface area contributed by atoms with Gasteiger partial charge in [-0.2, -0.15) is 0 Å². The first kappa shape index (κ1) is 19.5. The Morgan fingerprint density at radius 3 is 2.62 bits per heavy atom. The number of rotatable bonds is 5. The van der Waals surface area contributed by atoms with Crippen molar-refractivity contribution in [3.05, 3.63) is 78.9 Å². The van der Waals surface area contributed by atoms with Crippen molar-refractivity contribution in [2.75, 3.05) is 0 Å². The normalized spacial score (nSPS) is 16.7. The highest BCUT2D eigenvalue weighted by Crippen LogP contribution is 2.43. The number of aliphatic hydroxyl groups excluding tert-OH is 1. The summed E-state index contributed by atoms with van der Waals surface area (Å²) in [5.74, 6) is -1.40. The van der Waals surface area contributed by atoms with Gasteiger partial charge in [-0.3, -0.25) is 14.6 Å². The molecule has 8 heteroatoms. The van der Waals surface area contributed by atoms with Crippen molar-refractivity contribution in [2.24, 2.45) is 0 Å². The summed E-state index contributed by atoms with van der Waals surface area (Å²) in [7, 11) is 0. The van der Waals surface area contributed by atoms with Gasteiger partial charge >= 0.3 is 0 Å². The van der Waals surface area contributed by atoms with E-state index in [-0.39, 0.29) is 17.9 Å². The lowest BCUT2D eigenvalue weighted by Crippen LogP contribution is -2.31. The molecule has 1 aliphatic rings. The van der Waals surface area contributed by atoms with Gasteiger partial charge in [0.1, 0.15) is 6.04 Å². The minimum Gasteiger partial charge on any atom is -0.503 e. The van der Waals surface area contributed by atoms with E-state index in [4.69, 9.17) is 0 Å². The predicted molar refractivity (Wildman–Crippen MR) is 112 cm³/mol. The maximum Gasteiger partial charge on any atom is 0.290 e. The summed E-state index contributed by atoms with van der Waals surface area (Å²) >= 11 is 2.74. The Hall–Kier alpha value is -2.84. The number of pyridine rings is 1. The predicted octanol–water partition coefficient (Wildman–Crippen LogP) is 4.30. The number of ketones is 1. The molecule has 0 saturated heterocycles. The van der Waals surface area contributed by atoms with E-state index in [0.29, 0.717) is 16.3 Å². The average molecular weight is 426 g/mol. The van der Waals surface area contributed by atoms with Gasteiger partial charge in [0.25, 0.3) is 5.91 Å². The zero-order valence-corrected chi connectivity index (χ0v) is 17.8. The highest BCUT2D eigenvalue weighted by Gasteiger charge is 2.45. The number of thiazole rings is 1. The van der Waals surface area contributed by atoms with Crippen LogP contribution in [0, 0.1) is 20.8 Å². The smallest absolute Gasteiger partial charge is 0.290 e. The van der Waals surface area contributed by atoms with Gasteiger partial charge in [0, 0.05) is 11.1 Å². The van der Waals surface area contributed by atoms with E-state index in [1.807, 2.05) is 37.4 Å². The molecule has 0 radical (unpaired) electrons. The fourth-order valence-electron chi connectivity index (χ4n) is 3.52. The van der Waals surface area contributed by atoms with Crippen LogP contribution in [0.2, 0.25) is 0 Å². The molecular weight excluding hydrogens is 406 g/mol. The van der Waals surface area contributed by atoms with E-state index in [1.165, 1.54) is 27.6 Å². The molecule has 1 unspecified atom stereocenters. The van der Waals surface area contributed by atoms with Crippen molar-refractivity contribution in [2.45, 2.75) is 33.4 Å². The lowest BCUT2D eigenvalue weighted by Gasteiger charge is -2.26. The molecule has 0 aromatic carbocycles. The van der Waals surface area contributed by atoms with Crippen molar-refractivity contribution in [1.82, 2.24) is 14.9 Å². The summed E-state index contributed by atoms with van der Waals surface area (Å²) in [5, 5.41) is 13.4. The number of aryl methyl sites for hydroxylation is 3. The van der Waals surface area contributed by atoms with Crippen LogP contribution in [0.15, 0.2) is 47.2 Å². The standard InChI is InChI=1S/C21H19N3O3S2/c1-11-7-9-28-19(11)16-15(17(25)20-12(2)23-13(3)29-20)18(26)21(27)24(16)10-14-6-4-5-8-22-14/h4-9,16,26H,10H2,1-3H3. The average Bonchev–Trinajstić information content (AvgIpc) is 3.34. The zero-order valence-electron chi connectivity index (χ0n) is 16.2. The number of hydrogen-bond acceptors (Lipinski definition) is 7. The molecule has 0 bridgehead atoms. The van der Waals surface area contributed by atoms with Gasteiger partial charge in [-0.1, -0.05) is 6.07 Å². The number of nitrogens with zero attached hydrogens (tertiary/aromatic N) is 3. The minimum atomic E-state index is -0.654. The third-order valence-electron chi connectivity index (χ3n) is 4.87. The van der Waals surface area contributed by atoms with Crippen molar-refractivity contribution < 1.29 is 14.7 Å². The van der Waals surface area contributed by atoms with Gasteiger partial charge in [-0.25, -0.2) is 4.98 Å². The summed E-state index contributed by atoms with van der Waals surface area (Å²) in [5.41, 5.74) is 2.38. The molecule has 1 amide bonds. The molecule has 29 heavy (non-hydrogen) atoms. The summed E-state index contributed by atoms with van der Waals surface area (Å²) in [4.78, 5) is 37.9. The second-order valence-corrected chi connectivity index (χ2v) is 9.01.